The highest BCUT2D eigenvalue weighted by Gasteiger charge is 2.16. The highest BCUT2D eigenvalue weighted by atomic mass is 35.5. The topological polar surface area (TPSA) is 113 Å². The van der Waals surface area contributed by atoms with Gasteiger partial charge in [0.25, 0.3) is 5.69 Å². The first-order valence-corrected chi connectivity index (χ1v) is 5.67. The fourth-order valence-corrected chi connectivity index (χ4v) is 1.54. The Morgan fingerprint density at radius 1 is 1.35 bits per heavy atom. The number of anilines is 1. The van der Waals surface area contributed by atoms with Gasteiger partial charge in [-0.05, 0) is 6.07 Å². The predicted molar refractivity (Wildman–Crippen MR) is 71.2 cm³/mol. The van der Waals surface area contributed by atoms with Gasteiger partial charge in [-0.1, -0.05) is 11.6 Å². The Labute approximate surface area is 118 Å². The van der Waals surface area contributed by atoms with E-state index in [1.165, 1.54) is 31.6 Å². The summed E-state index contributed by atoms with van der Waals surface area (Å²) in [4.78, 5) is 17.7. The lowest BCUT2D eigenvalue weighted by atomic mass is 10.3. The lowest BCUT2D eigenvalue weighted by Crippen LogP contribution is -1.98. The first-order chi connectivity index (χ1) is 9.52. The van der Waals surface area contributed by atoms with Gasteiger partial charge in [0.15, 0.2) is 11.5 Å². The van der Waals surface area contributed by atoms with Crippen molar-refractivity contribution in [3.63, 3.8) is 0 Å². The van der Waals surface area contributed by atoms with Crippen molar-refractivity contribution < 1.29 is 14.4 Å². The quantitative estimate of drug-likeness (QED) is 0.680. The number of benzene rings is 1. The summed E-state index contributed by atoms with van der Waals surface area (Å²) in [6.45, 7) is 0. The number of nitrogen functional groups attached to an aromatic ring is 1. The van der Waals surface area contributed by atoms with E-state index in [4.69, 9.17) is 26.8 Å². The van der Waals surface area contributed by atoms with E-state index in [1.54, 1.807) is 0 Å². The van der Waals surface area contributed by atoms with Crippen molar-refractivity contribution in [2.45, 2.75) is 0 Å². The maximum absolute atomic E-state index is 10.8. The van der Waals surface area contributed by atoms with Crippen molar-refractivity contribution in [1.82, 2.24) is 9.97 Å². The number of nitrogens with zero attached hydrogens (tertiary/aromatic N) is 3. The van der Waals surface area contributed by atoms with Gasteiger partial charge in [0.2, 0.25) is 5.88 Å². The molecule has 0 saturated heterocycles. The Hall–Kier alpha value is -2.61. The molecule has 0 amide bonds. The molecule has 0 fully saturated rings. The molecule has 0 spiro atoms. The highest BCUT2D eigenvalue weighted by Crippen LogP contribution is 2.37. The first-order valence-electron chi connectivity index (χ1n) is 5.29. The number of nitrogens with two attached hydrogens (primary N) is 1. The minimum Gasteiger partial charge on any atom is -0.493 e. The van der Waals surface area contributed by atoms with Gasteiger partial charge in [-0.2, -0.15) is 4.98 Å². The van der Waals surface area contributed by atoms with Gasteiger partial charge in [-0.3, -0.25) is 10.1 Å². The van der Waals surface area contributed by atoms with Crippen LogP contribution in [0.2, 0.25) is 5.02 Å². The van der Waals surface area contributed by atoms with Gasteiger partial charge in [0.05, 0.1) is 18.1 Å². The molecule has 2 N–H and O–H groups in total. The Kier molecular flexibility index (Phi) is 3.85. The van der Waals surface area contributed by atoms with Crippen LogP contribution in [0, 0.1) is 10.1 Å². The number of methoxy groups -OCH3 is 1. The second-order valence-electron chi connectivity index (χ2n) is 3.57. The summed E-state index contributed by atoms with van der Waals surface area (Å²) in [7, 11) is 1.41. The van der Waals surface area contributed by atoms with E-state index >= 15 is 0 Å². The molecular formula is C11H9ClN4O4. The van der Waals surface area contributed by atoms with E-state index in [0.717, 1.165) is 0 Å². The van der Waals surface area contributed by atoms with Crippen LogP contribution >= 0.6 is 11.6 Å². The summed E-state index contributed by atoms with van der Waals surface area (Å²) < 4.78 is 10.5. The standard InChI is InChI=1S/C11H9ClN4O4/c1-19-7-3-2-6(16(17)18)4-8(7)20-11-9(12)10(13)14-5-15-11/h2-5H,1H3,(H2,13,14,15). The van der Waals surface area contributed by atoms with E-state index in [1.807, 2.05) is 0 Å². The number of non-ortho nitro benzene ring substituents is 1. The molecule has 0 aliphatic carbocycles. The third-order valence-corrected chi connectivity index (χ3v) is 2.70. The van der Waals surface area contributed by atoms with Crippen LogP contribution in [-0.4, -0.2) is 22.0 Å². The van der Waals surface area contributed by atoms with Crippen molar-refractivity contribution in [1.29, 1.82) is 0 Å². The zero-order chi connectivity index (χ0) is 14.7. The van der Waals surface area contributed by atoms with Crippen molar-refractivity contribution in [2.75, 3.05) is 12.8 Å². The third-order valence-electron chi connectivity index (χ3n) is 2.35. The molecule has 0 radical (unpaired) electrons. The molecule has 0 aliphatic heterocycles. The van der Waals surface area contributed by atoms with E-state index in [2.05, 4.69) is 9.97 Å². The minimum atomic E-state index is -0.553. The van der Waals surface area contributed by atoms with Crippen LogP contribution in [0.25, 0.3) is 0 Å². The summed E-state index contributed by atoms with van der Waals surface area (Å²) >= 11 is 5.89. The molecule has 1 heterocycles. The monoisotopic (exact) mass is 296 g/mol. The number of halogens is 1. The summed E-state index contributed by atoms with van der Waals surface area (Å²) in [5.74, 6) is 0.421. The third kappa shape index (κ3) is 2.69. The maximum atomic E-state index is 10.8. The molecule has 0 bridgehead atoms. The van der Waals surface area contributed by atoms with Crippen LogP contribution in [0.15, 0.2) is 24.5 Å². The Balaban J connectivity index is 2.43. The molecule has 1 aromatic carbocycles. The zero-order valence-electron chi connectivity index (χ0n) is 10.2. The number of rotatable bonds is 4. The average Bonchev–Trinajstić information content (AvgIpc) is 2.43. The molecule has 2 rings (SSSR count). The van der Waals surface area contributed by atoms with E-state index < -0.39 is 4.92 Å². The first kappa shape index (κ1) is 13.8. The van der Waals surface area contributed by atoms with Crippen LogP contribution in [-0.2, 0) is 0 Å². The summed E-state index contributed by atoms with van der Waals surface area (Å²) in [6, 6.07) is 3.90. The van der Waals surface area contributed by atoms with Gasteiger partial charge < -0.3 is 15.2 Å². The Bertz CT molecular complexity index is 665. The predicted octanol–water partition coefficient (Wildman–Crippen LogP) is 2.42. The summed E-state index contributed by atoms with van der Waals surface area (Å²) in [6.07, 6.45) is 1.17. The molecule has 1 aromatic heterocycles. The van der Waals surface area contributed by atoms with E-state index in [9.17, 15) is 10.1 Å². The van der Waals surface area contributed by atoms with E-state index in [0.29, 0.717) is 5.75 Å². The van der Waals surface area contributed by atoms with Crippen LogP contribution < -0.4 is 15.2 Å². The molecule has 0 atom stereocenters. The van der Waals surface area contributed by atoms with Crippen molar-refractivity contribution in [3.05, 3.63) is 39.7 Å². The smallest absolute Gasteiger partial charge is 0.273 e. The zero-order valence-corrected chi connectivity index (χ0v) is 11.0. The number of aromatic nitrogens is 2. The molecule has 2 aromatic rings. The fraction of sp³-hybridized carbons (Fsp3) is 0.0909. The summed E-state index contributed by atoms with van der Waals surface area (Å²) in [5.41, 5.74) is 5.37. The van der Waals surface area contributed by atoms with Crippen molar-refractivity contribution in [3.8, 4) is 17.4 Å². The molecule has 9 heteroatoms. The second kappa shape index (κ2) is 5.57. The fourth-order valence-electron chi connectivity index (χ4n) is 1.40. The molecule has 0 unspecified atom stereocenters. The maximum Gasteiger partial charge on any atom is 0.273 e. The normalized spacial score (nSPS) is 10.1. The average molecular weight is 297 g/mol. The van der Waals surface area contributed by atoms with E-state index in [-0.39, 0.29) is 28.2 Å². The van der Waals surface area contributed by atoms with Gasteiger partial charge in [-0.25, -0.2) is 4.98 Å². The van der Waals surface area contributed by atoms with Gasteiger partial charge >= 0.3 is 0 Å². The summed E-state index contributed by atoms with van der Waals surface area (Å²) in [5, 5.41) is 10.8. The second-order valence-corrected chi connectivity index (χ2v) is 3.95. The number of hydrogen-bond acceptors (Lipinski definition) is 7. The lowest BCUT2D eigenvalue weighted by molar-refractivity contribution is -0.384. The van der Waals surface area contributed by atoms with Gasteiger partial charge in [-0.15, -0.1) is 0 Å². The van der Waals surface area contributed by atoms with Crippen molar-refractivity contribution in [2.24, 2.45) is 0 Å². The van der Waals surface area contributed by atoms with Crippen LogP contribution in [0.5, 0.6) is 17.4 Å². The molecule has 0 aliphatic rings. The molecular weight excluding hydrogens is 288 g/mol. The lowest BCUT2D eigenvalue weighted by Gasteiger charge is -2.10. The number of ether oxygens (including phenoxy) is 2. The van der Waals surface area contributed by atoms with Crippen LogP contribution in [0.4, 0.5) is 11.5 Å². The van der Waals surface area contributed by atoms with Crippen molar-refractivity contribution >= 4 is 23.1 Å². The molecule has 104 valence electrons. The van der Waals surface area contributed by atoms with Crippen LogP contribution in [0.1, 0.15) is 0 Å². The Morgan fingerprint density at radius 2 is 2.10 bits per heavy atom. The van der Waals surface area contributed by atoms with Gasteiger partial charge in [0, 0.05) is 6.07 Å². The molecule has 8 nitrogen and oxygen atoms in total. The number of hydrogen-bond donors (Lipinski definition) is 1. The largest absolute Gasteiger partial charge is 0.493 e. The van der Waals surface area contributed by atoms with Gasteiger partial charge in [0.1, 0.15) is 17.2 Å². The highest BCUT2D eigenvalue weighted by molar-refractivity contribution is 6.34. The molecule has 20 heavy (non-hydrogen) atoms. The Morgan fingerprint density at radius 3 is 2.75 bits per heavy atom. The minimum absolute atomic E-state index is 0.0149. The number of nitro benzene ring substituents is 1. The number of nitro groups is 1. The SMILES string of the molecule is COc1ccc([N+](=O)[O-])cc1Oc1ncnc(N)c1Cl. The molecule has 0 saturated carbocycles. The van der Waals surface area contributed by atoms with Crippen LogP contribution in [0.3, 0.4) is 0 Å².